The highest BCUT2D eigenvalue weighted by Gasteiger charge is 2.40. The van der Waals surface area contributed by atoms with E-state index in [1.165, 1.54) is 0 Å². The van der Waals surface area contributed by atoms with Gasteiger partial charge in [0.25, 0.3) is 0 Å². The van der Waals surface area contributed by atoms with Crippen LogP contribution in [0, 0.1) is 5.41 Å². The summed E-state index contributed by atoms with van der Waals surface area (Å²) in [5, 5.41) is 15.2. The molecule has 1 fully saturated rings. The molecule has 0 radical (unpaired) electrons. The lowest BCUT2D eigenvalue weighted by Crippen LogP contribution is -2.51. The highest BCUT2D eigenvalue weighted by Crippen LogP contribution is 2.45. The number of hydrogen-bond donors (Lipinski definition) is 3. The predicted molar refractivity (Wildman–Crippen MR) is 154 cm³/mol. The van der Waals surface area contributed by atoms with Gasteiger partial charge in [-0.05, 0) is 53.0 Å². The summed E-state index contributed by atoms with van der Waals surface area (Å²) in [4.78, 5) is 37.6. The number of rotatable bonds is 12. The van der Waals surface area contributed by atoms with E-state index < -0.39 is 29.6 Å². The van der Waals surface area contributed by atoms with E-state index >= 15 is 0 Å². The molecule has 5 rings (SSSR count). The number of amides is 2. The van der Waals surface area contributed by atoms with Crippen LogP contribution in [0.15, 0.2) is 78.9 Å². The lowest BCUT2D eigenvalue weighted by molar-refractivity contribution is -0.147. The quantitative estimate of drug-likeness (QED) is 0.280. The van der Waals surface area contributed by atoms with Crippen molar-refractivity contribution in [1.29, 1.82) is 0 Å². The number of fused-ring (bicyclic) bond motifs is 3. The lowest BCUT2D eigenvalue weighted by Gasteiger charge is -2.41. The number of nitrogens with one attached hydrogen (secondary N) is 2. The zero-order chi connectivity index (χ0) is 28.8. The van der Waals surface area contributed by atoms with Crippen molar-refractivity contribution in [3.05, 3.63) is 95.6 Å². The number of benzene rings is 3. The summed E-state index contributed by atoms with van der Waals surface area (Å²) in [5.41, 5.74) is 5.11. The van der Waals surface area contributed by atoms with Crippen molar-refractivity contribution >= 4 is 18.0 Å². The maximum atomic E-state index is 12.9. The first-order valence-corrected chi connectivity index (χ1v) is 14.1. The number of carboxylic acids is 1. The van der Waals surface area contributed by atoms with Crippen molar-refractivity contribution in [3.8, 4) is 11.1 Å². The van der Waals surface area contributed by atoms with E-state index in [9.17, 15) is 19.5 Å². The summed E-state index contributed by atoms with van der Waals surface area (Å²) in [5.74, 6) is -1.56. The molecule has 0 aromatic heterocycles. The molecule has 1 saturated carbocycles. The van der Waals surface area contributed by atoms with E-state index in [0.717, 1.165) is 47.1 Å². The standard InChI is InChI=1S/C33H36N2O6/c1-22(40-19-23-10-3-2-4-11-23)30(31(37)38)35-29(36)18-33(16-9-17-33)21-34-32(39)41-20-28-26-14-7-5-12-24(26)25-13-6-8-15-27(25)28/h2-8,10-15,22,28,30H,9,16-21H2,1H3,(H,34,39)(H,35,36)(H,37,38). The molecule has 3 aromatic rings. The van der Waals surface area contributed by atoms with Crippen LogP contribution in [0.3, 0.4) is 0 Å². The highest BCUT2D eigenvalue weighted by molar-refractivity contribution is 5.84. The Kier molecular flexibility index (Phi) is 8.69. The summed E-state index contributed by atoms with van der Waals surface area (Å²) < 4.78 is 11.4. The van der Waals surface area contributed by atoms with Crippen LogP contribution in [0.2, 0.25) is 0 Å². The topological polar surface area (TPSA) is 114 Å². The van der Waals surface area contributed by atoms with Gasteiger partial charge in [0.2, 0.25) is 5.91 Å². The van der Waals surface area contributed by atoms with Gasteiger partial charge in [0.1, 0.15) is 6.61 Å². The van der Waals surface area contributed by atoms with E-state index in [-0.39, 0.29) is 38.0 Å². The molecule has 2 unspecified atom stereocenters. The molecule has 0 bridgehead atoms. The minimum absolute atomic E-state index is 0.0318. The fraction of sp³-hybridized carbons (Fsp3) is 0.364. The molecule has 214 valence electrons. The third-order valence-corrected chi connectivity index (χ3v) is 8.31. The van der Waals surface area contributed by atoms with Crippen molar-refractivity contribution < 1.29 is 29.0 Å². The molecule has 2 atom stereocenters. The Hall–Kier alpha value is -4.17. The van der Waals surface area contributed by atoms with Crippen molar-refractivity contribution in [2.75, 3.05) is 13.2 Å². The Labute approximate surface area is 240 Å². The predicted octanol–water partition coefficient (Wildman–Crippen LogP) is 5.26. The fourth-order valence-corrected chi connectivity index (χ4v) is 5.85. The molecular weight excluding hydrogens is 520 g/mol. The van der Waals surface area contributed by atoms with Crippen LogP contribution >= 0.6 is 0 Å². The smallest absolute Gasteiger partial charge is 0.407 e. The summed E-state index contributed by atoms with van der Waals surface area (Å²) in [6.07, 6.45) is 1.34. The van der Waals surface area contributed by atoms with Crippen molar-refractivity contribution in [3.63, 3.8) is 0 Å². The molecule has 3 aromatic carbocycles. The molecule has 2 aliphatic rings. The van der Waals surface area contributed by atoms with Crippen molar-refractivity contribution in [2.24, 2.45) is 5.41 Å². The van der Waals surface area contributed by atoms with Crippen molar-refractivity contribution in [2.45, 2.75) is 57.3 Å². The van der Waals surface area contributed by atoms with Crippen LogP contribution in [0.5, 0.6) is 0 Å². The summed E-state index contributed by atoms with van der Waals surface area (Å²) in [6.45, 7) is 2.39. The van der Waals surface area contributed by atoms with Gasteiger partial charge >= 0.3 is 12.1 Å². The zero-order valence-electron chi connectivity index (χ0n) is 23.2. The van der Waals surface area contributed by atoms with E-state index in [1.807, 2.05) is 54.6 Å². The van der Waals surface area contributed by atoms with Gasteiger partial charge in [0, 0.05) is 18.9 Å². The van der Waals surface area contributed by atoms with Gasteiger partial charge in [-0.3, -0.25) is 4.79 Å². The Bertz CT molecular complexity index is 1340. The number of carboxylic acid groups (broad SMARTS) is 1. The van der Waals surface area contributed by atoms with Gasteiger partial charge in [-0.2, -0.15) is 0 Å². The van der Waals surface area contributed by atoms with Crippen LogP contribution in [-0.4, -0.2) is 48.4 Å². The molecule has 41 heavy (non-hydrogen) atoms. The Balaban J connectivity index is 1.12. The second-order valence-electron chi connectivity index (χ2n) is 11.1. The second kappa shape index (κ2) is 12.6. The average Bonchev–Trinajstić information content (AvgIpc) is 3.28. The van der Waals surface area contributed by atoms with Crippen LogP contribution in [0.4, 0.5) is 4.79 Å². The minimum Gasteiger partial charge on any atom is -0.480 e. The number of carbonyl (C=O) groups is 3. The minimum atomic E-state index is -1.18. The summed E-state index contributed by atoms with van der Waals surface area (Å²) in [6, 6.07) is 24.6. The normalized spacial score (nSPS) is 16.4. The lowest BCUT2D eigenvalue weighted by atomic mass is 9.66. The molecule has 2 amide bonds. The SMILES string of the molecule is CC(OCc1ccccc1)C(NC(=O)CC1(CNC(=O)OCC2c3ccccc3-c3ccccc32)CCC1)C(=O)O. The monoisotopic (exact) mass is 556 g/mol. The highest BCUT2D eigenvalue weighted by atomic mass is 16.5. The van der Waals surface area contributed by atoms with Crippen LogP contribution in [0.1, 0.15) is 55.2 Å². The maximum absolute atomic E-state index is 12.9. The van der Waals surface area contributed by atoms with Gasteiger partial charge in [-0.15, -0.1) is 0 Å². The molecule has 0 saturated heterocycles. The number of aliphatic carboxylic acids is 1. The number of hydrogen-bond acceptors (Lipinski definition) is 5. The number of alkyl carbamates (subject to hydrolysis) is 1. The fourth-order valence-electron chi connectivity index (χ4n) is 5.85. The summed E-state index contributed by atoms with van der Waals surface area (Å²) in [7, 11) is 0. The van der Waals surface area contributed by atoms with Crippen molar-refractivity contribution in [1.82, 2.24) is 10.6 Å². The average molecular weight is 557 g/mol. The van der Waals surface area contributed by atoms with Crippen LogP contribution in [-0.2, 0) is 25.7 Å². The molecule has 0 heterocycles. The van der Waals surface area contributed by atoms with E-state index in [4.69, 9.17) is 9.47 Å². The Morgan fingerprint density at radius 2 is 1.54 bits per heavy atom. The van der Waals surface area contributed by atoms with Crippen LogP contribution < -0.4 is 10.6 Å². The van der Waals surface area contributed by atoms with Gasteiger partial charge in [-0.25, -0.2) is 9.59 Å². The molecule has 8 heteroatoms. The van der Waals surface area contributed by atoms with Gasteiger partial charge in [0.15, 0.2) is 6.04 Å². The Morgan fingerprint density at radius 3 is 2.12 bits per heavy atom. The third kappa shape index (κ3) is 6.60. The largest absolute Gasteiger partial charge is 0.480 e. The van der Waals surface area contributed by atoms with Gasteiger partial charge < -0.3 is 25.2 Å². The number of carbonyl (C=O) groups excluding carboxylic acids is 2. The summed E-state index contributed by atoms with van der Waals surface area (Å²) >= 11 is 0. The first kappa shape index (κ1) is 28.4. The van der Waals surface area contributed by atoms with Gasteiger partial charge in [0.05, 0.1) is 12.7 Å². The molecule has 8 nitrogen and oxygen atoms in total. The molecule has 0 spiro atoms. The zero-order valence-corrected chi connectivity index (χ0v) is 23.2. The van der Waals surface area contributed by atoms with E-state index in [1.54, 1.807) is 6.92 Å². The number of ether oxygens (including phenoxy) is 2. The van der Waals surface area contributed by atoms with Crippen LogP contribution in [0.25, 0.3) is 11.1 Å². The Morgan fingerprint density at radius 1 is 0.927 bits per heavy atom. The van der Waals surface area contributed by atoms with E-state index in [0.29, 0.717) is 0 Å². The molecule has 0 aliphatic heterocycles. The second-order valence-corrected chi connectivity index (χ2v) is 11.1. The third-order valence-electron chi connectivity index (χ3n) is 8.31. The molecule has 2 aliphatic carbocycles. The van der Waals surface area contributed by atoms with E-state index in [2.05, 4.69) is 34.9 Å². The van der Waals surface area contributed by atoms with Gasteiger partial charge in [-0.1, -0.05) is 85.3 Å². The first-order valence-electron chi connectivity index (χ1n) is 14.1. The maximum Gasteiger partial charge on any atom is 0.407 e. The first-order chi connectivity index (χ1) is 19.8. The molecule has 3 N–H and O–H groups in total. The molecular formula is C33H36N2O6.